The van der Waals surface area contributed by atoms with Gasteiger partial charge in [-0.3, -0.25) is 9.59 Å². The van der Waals surface area contributed by atoms with Gasteiger partial charge in [0.2, 0.25) is 0 Å². The second-order valence-corrected chi connectivity index (χ2v) is 26.3. The van der Waals surface area contributed by atoms with Gasteiger partial charge in [-0.25, -0.2) is 0 Å². The van der Waals surface area contributed by atoms with Crippen LogP contribution in [-0.2, 0) is 61.7 Å². The number of carbonyl (C=O) groups excluding carboxylic acids is 1. The lowest BCUT2D eigenvalue weighted by molar-refractivity contribution is -0.404. The van der Waals surface area contributed by atoms with E-state index in [9.17, 15) is 76.0 Å². The van der Waals surface area contributed by atoms with Crippen LogP contribution in [0.3, 0.4) is 0 Å². The van der Waals surface area contributed by atoms with Crippen molar-refractivity contribution in [3.8, 4) is 0 Å². The highest BCUT2D eigenvalue weighted by molar-refractivity contribution is 5.74. The van der Waals surface area contributed by atoms with Crippen molar-refractivity contribution in [2.45, 2.75) is 245 Å². The van der Waals surface area contributed by atoms with E-state index in [1.165, 1.54) is 0 Å². The number of aliphatic hydroxyl groups is 13. The standard InChI is InChI=1S/C56H88O27/c1-22-8-11-56(74-20-22)23(2)37-30(83-56)13-27-25-7-6-24-12-29(28(60)14-55(24,5)26(25)9-10-54(27,37)4)76-50-45(71)42(68)46(33(19-59)79-50)80-52-48(82-51-44(70)41(67)38(64)31(17-57)77-51)47(40(66)32(18-58)78-52)81-49-43(69)39(65)34(21-73-49)75-36(63)16-53(3,72)15-35(61)62/h6,22-23,25-34,37-52,57-60,64-72H,7-21H2,1-5H3,(H,61,62)/t22-,23?,25+,26-,27-,28?,29+,30-,31-,32-,33-,34+,37-,38+,39-,40+,41-,42+,43?,44+,45?,46-,47-,48?,49-,50+,51-,52-,53?,54-,55-,56+/m0/s1. The SMILES string of the molecule is CC1[C@H]2[C@H](C[C@H]3[C@@H]4CC=C5C[C@@H](O[C@@H]6O[C@@H](CO)[C@H](O[C@@H]7O[C@@H](CO)[C@@H](O)[C@H](O[C@@H]8OC[C@@H](OC(=O)CC(C)(O)CC(=O)O)[C@H](O)C8O)C7O[C@@H]7O[C@@H](CO)[C@@H](O)[C@H](O)[C@H]7O)[C@H](O)C6O)C(O)C[C@]5(C)[C@H]4CC[C@@]32C)O[C@]12CC[C@H](C)CO2. The van der Waals surface area contributed by atoms with Crippen LogP contribution in [0.5, 0.6) is 0 Å². The Morgan fingerprint density at radius 2 is 1.30 bits per heavy atom. The minimum Gasteiger partial charge on any atom is -0.481 e. The molecule has 0 aromatic heterocycles. The van der Waals surface area contributed by atoms with Crippen molar-refractivity contribution in [2.24, 2.45) is 46.3 Å². The van der Waals surface area contributed by atoms with E-state index in [0.29, 0.717) is 36.7 Å². The number of aliphatic hydroxyl groups excluding tert-OH is 12. The molecule has 27 nitrogen and oxygen atoms in total. The molecule has 10 rings (SSSR count). The van der Waals surface area contributed by atoms with E-state index in [1.807, 2.05) is 0 Å². The maximum absolute atomic E-state index is 12.7. The van der Waals surface area contributed by atoms with E-state index < -0.39 is 192 Å². The Bertz CT molecular complexity index is 2280. The Balaban J connectivity index is 0.829. The molecule has 83 heavy (non-hydrogen) atoms. The summed E-state index contributed by atoms with van der Waals surface area (Å²) in [5, 5.41) is 153. The van der Waals surface area contributed by atoms with Gasteiger partial charge in [0, 0.05) is 12.3 Å². The second-order valence-electron chi connectivity index (χ2n) is 26.3. The molecule has 4 aliphatic carbocycles. The van der Waals surface area contributed by atoms with Crippen LogP contribution in [0.25, 0.3) is 0 Å². The lowest BCUT2D eigenvalue weighted by Gasteiger charge is -2.59. The Labute approximate surface area is 480 Å². The van der Waals surface area contributed by atoms with Crippen molar-refractivity contribution in [1.29, 1.82) is 0 Å². The molecule has 0 aromatic carbocycles. The van der Waals surface area contributed by atoms with Crippen molar-refractivity contribution < 1.29 is 133 Å². The molecule has 0 amide bonds. The summed E-state index contributed by atoms with van der Waals surface area (Å²) in [5.41, 5.74) is -1.21. The number of aliphatic carboxylic acids is 1. The molecule has 6 unspecified atom stereocenters. The fourth-order valence-corrected chi connectivity index (χ4v) is 16.3. The van der Waals surface area contributed by atoms with Crippen LogP contribution in [0.15, 0.2) is 11.6 Å². The molecule has 1 spiro atoms. The van der Waals surface area contributed by atoms with Gasteiger partial charge in [-0.1, -0.05) is 39.3 Å². The summed E-state index contributed by atoms with van der Waals surface area (Å²) in [6.07, 6.45) is -30.6. The van der Waals surface area contributed by atoms with Crippen LogP contribution in [0, 0.1) is 46.3 Å². The third-order valence-electron chi connectivity index (χ3n) is 20.8. The van der Waals surface area contributed by atoms with Gasteiger partial charge < -0.3 is 124 Å². The molecule has 6 aliphatic heterocycles. The maximum atomic E-state index is 12.7. The fraction of sp³-hybridized carbons (Fsp3) is 0.929. The fourth-order valence-electron chi connectivity index (χ4n) is 16.3. The summed E-state index contributed by atoms with van der Waals surface area (Å²) in [6, 6.07) is 0. The number of rotatable bonds is 16. The summed E-state index contributed by atoms with van der Waals surface area (Å²) in [5.74, 6) is -0.833. The smallest absolute Gasteiger partial charge is 0.309 e. The molecule has 32 atom stereocenters. The van der Waals surface area contributed by atoms with E-state index >= 15 is 0 Å². The van der Waals surface area contributed by atoms with Gasteiger partial charge in [0.15, 0.2) is 37.1 Å². The minimum atomic E-state index is -2.12. The molecule has 14 N–H and O–H groups in total. The normalized spacial score (nSPS) is 52.3. The number of fused-ring (bicyclic) bond motifs is 7. The lowest BCUT2D eigenvalue weighted by Crippen LogP contribution is -2.68. The predicted octanol–water partition coefficient (Wildman–Crippen LogP) is -3.21. The summed E-state index contributed by atoms with van der Waals surface area (Å²) >= 11 is 0. The van der Waals surface area contributed by atoms with E-state index in [0.717, 1.165) is 51.0 Å². The predicted molar refractivity (Wildman–Crippen MR) is 275 cm³/mol. The van der Waals surface area contributed by atoms with E-state index in [4.69, 9.17) is 57.2 Å². The van der Waals surface area contributed by atoms with E-state index in [-0.39, 0.29) is 35.2 Å². The zero-order valence-corrected chi connectivity index (χ0v) is 47.4. The summed E-state index contributed by atoms with van der Waals surface area (Å²) in [7, 11) is 0. The molecular weight excluding hydrogens is 1100 g/mol. The lowest BCUT2D eigenvalue weighted by atomic mass is 9.46. The Morgan fingerprint density at radius 3 is 1.98 bits per heavy atom. The molecule has 6 saturated heterocycles. The number of carbonyl (C=O) groups is 2. The Morgan fingerprint density at radius 1 is 0.675 bits per heavy atom. The van der Waals surface area contributed by atoms with Gasteiger partial charge in [0.1, 0.15) is 85.5 Å². The van der Waals surface area contributed by atoms with Gasteiger partial charge in [0.05, 0.1) is 69.8 Å². The van der Waals surface area contributed by atoms with Crippen LogP contribution >= 0.6 is 0 Å². The van der Waals surface area contributed by atoms with Gasteiger partial charge in [0.25, 0.3) is 0 Å². The van der Waals surface area contributed by atoms with Crippen LogP contribution < -0.4 is 0 Å². The summed E-state index contributed by atoms with van der Waals surface area (Å²) in [4.78, 5) is 23.9. The van der Waals surface area contributed by atoms with Crippen molar-refractivity contribution in [3.63, 3.8) is 0 Å². The molecule has 0 radical (unpaired) electrons. The molecule has 27 heteroatoms. The molecule has 10 aliphatic rings. The van der Waals surface area contributed by atoms with Gasteiger partial charge in [-0.15, -0.1) is 0 Å². The highest BCUT2D eigenvalue weighted by Crippen LogP contribution is 2.71. The number of carboxylic acids is 1. The number of carboxylic acid groups (broad SMARTS) is 1. The first kappa shape index (κ1) is 63.8. The molecule has 0 aromatic rings. The zero-order chi connectivity index (χ0) is 60.0. The minimum absolute atomic E-state index is 0.0745. The first-order chi connectivity index (χ1) is 39.2. The second kappa shape index (κ2) is 24.6. The molecule has 0 bridgehead atoms. The van der Waals surface area contributed by atoms with Crippen molar-refractivity contribution in [1.82, 2.24) is 0 Å². The first-order valence-corrected chi connectivity index (χ1v) is 29.5. The zero-order valence-electron chi connectivity index (χ0n) is 47.4. The van der Waals surface area contributed by atoms with Crippen molar-refractivity contribution in [3.05, 3.63) is 11.6 Å². The topological polar surface area (TPSA) is 419 Å². The monoisotopic (exact) mass is 1190 g/mol. The number of allylic oxidation sites excluding steroid dienone is 1. The molecule has 3 saturated carbocycles. The van der Waals surface area contributed by atoms with Crippen molar-refractivity contribution in [2.75, 3.05) is 33.0 Å². The van der Waals surface area contributed by atoms with Crippen LogP contribution in [0.2, 0.25) is 0 Å². The summed E-state index contributed by atoms with van der Waals surface area (Å²) < 4.78 is 66.6. The largest absolute Gasteiger partial charge is 0.481 e. The number of hydrogen-bond donors (Lipinski definition) is 14. The first-order valence-electron chi connectivity index (χ1n) is 29.5. The average Bonchev–Trinajstić information content (AvgIpc) is 2.61. The quantitative estimate of drug-likeness (QED) is 0.0534. The van der Waals surface area contributed by atoms with Crippen LogP contribution in [-0.4, -0.2) is 263 Å². The van der Waals surface area contributed by atoms with Crippen LogP contribution in [0.1, 0.15) is 98.8 Å². The van der Waals surface area contributed by atoms with Gasteiger partial charge in [-0.05, 0) is 92.3 Å². The van der Waals surface area contributed by atoms with Gasteiger partial charge >= 0.3 is 11.9 Å². The molecule has 474 valence electrons. The van der Waals surface area contributed by atoms with Gasteiger partial charge in [-0.2, -0.15) is 0 Å². The molecule has 9 fully saturated rings. The highest BCUT2D eigenvalue weighted by atomic mass is 16.8. The third kappa shape index (κ3) is 11.8. The van der Waals surface area contributed by atoms with Crippen LogP contribution in [0.4, 0.5) is 0 Å². The molecule has 6 heterocycles. The summed E-state index contributed by atoms with van der Waals surface area (Å²) in [6.45, 7) is 7.53. The van der Waals surface area contributed by atoms with Crippen molar-refractivity contribution >= 4 is 11.9 Å². The number of ether oxygens (including phenoxy) is 11. The average molecular weight is 1190 g/mol. The Kier molecular flexibility index (Phi) is 18.9. The maximum Gasteiger partial charge on any atom is 0.309 e. The van der Waals surface area contributed by atoms with E-state index in [1.54, 1.807) is 0 Å². The number of esters is 1. The highest BCUT2D eigenvalue weighted by Gasteiger charge is 2.69. The Hall–Kier alpha value is -2.24. The number of hydrogen-bond acceptors (Lipinski definition) is 26. The third-order valence-corrected chi connectivity index (χ3v) is 20.8. The van der Waals surface area contributed by atoms with E-state index in [2.05, 4.69) is 33.8 Å². The molecular formula is C56H88O27.